The molecule has 102 valence electrons. The van der Waals surface area contributed by atoms with E-state index in [0.29, 0.717) is 10.6 Å². The molecule has 3 N–H and O–H groups in total. The lowest BCUT2D eigenvalue weighted by Crippen LogP contribution is -2.44. The van der Waals surface area contributed by atoms with E-state index in [1.807, 2.05) is 24.3 Å². The molecule has 0 aliphatic carbocycles. The number of fused-ring (bicyclic) bond motifs is 1. The summed E-state index contributed by atoms with van der Waals surface area (Å²) in [6.07, 6.45) is 1.99. The van der Waals surface area contributed by atoms with Crippen LogP contribution in [0.5, 0.6) is 0 Å². The van der Waals surface area contributed by atoms with E-state index in [9.17, 15) is 0 Å². The standard InChI is InChI=1S/C14H17ClN2O2/c1-14(6-3-7-18-14)13(17-16)11-8-9-4-2-5-10(15)12(9)19-11/h2,4-5,8,13,17H,3,6-7,16H2,1H3. The monoisotopic (exact) mass is 280 g/mol. The number of para-hydroxylation sites is 1. The molecule has 1 aliphatic heterocycles. The molecule has 1 fully saturated rings. The lowest BCUT2D eigenvalue weighted by Gasteiger charge is -2.31. The number of furan rings is 1. The summed E-state index contributed by atoms with van der Waals surface area (Å²) in [5.41, 5.74) is 3.18. The first-order chi connectivity index (χ1) is 9.14. The van der Waals surface area contributed by atoms with Crippen LogP contribution in [-0.4, -0.2) is 12.2 Å². The number of rotatable bonds is 3. The van der Waals surface area contributed by atoms with Gasteiger partial charge in [-0.2, -0.15) is 0 Å². The highest BCUT2D eigenvalue weighted by molar-refractivity contribution is 6.34. The highest BCUT2D eigenvalue weighted by atomic mass is 35.5. The van der Waals surface area contributed by atoms with Crippen molar-refractivity contribution in [3.8, 4) is 0 Å². The van der Waals surface area contributed by atoms with Crippen molar-refractivity contribution in [2.75, 3.05) is 6.61 Å². The Kier molecular flexibility index (Phi) is 3.27. The zero-order chi connectivity index (χ0) is 13.5. The van der Waals surface area contributed by atoms with Gasteiger partial charge < -0.3 is 9.15 Å². The summed E-state index contributed by atoms with van der Waals surface area (Å²) in [5, 5.41) is 1.58. The van der Waals surface area contributed by atoms with Crippen LogP contribution in [0.15, 0.2) is 28.7 Å². The molecular formula is C14H17ClN2O2. The molecule has 2 unspecified atom stereocenters. The molecule has 0 radical (unpaired) electrons. The largest absolute Gasteiger partial charge is 0.458 e. The molecule has 3 rings (SSSR count). The Bertz CT molecular complexity index is 590. The minimum atomic E-state index is -0.338. The first kappa shape index (κ1) is 12.9. The first-order valence-corrected chi connectivity index (χ1v) is 6.80. The number of hydrogen-bond donors (Lipinski definition) is 2. The van der Waals surface area contributed by atoms with Crippen LogP contribution in [0.4, 0.5) is 0 Å². The van der Waals surface area contributed by atoms with Gasteiger partial charge in [0.05, 0.1) is 10.6 Å². The van der Waals surface area contributed by atoms with E-state index in [2.05, 4.69) is 12.3 Å². The molecule has 19 heavy (non-hydrogen) atoms. The van der Waals surface area contributed by atoms with Gasteiger partial charge in [0.15, 0.2) is 5.58 Å². The van der Waals surface area contributed by atoms with Gasteiger partial charge in [-0.3, -0.25) is 5.84 Å². The van der Waals surface area contributed by atoms with Crippen LogP contribution in [0.3, 0.4) is 0 Å². The van der Waals surface area contributed by atoms with Gasteiger partial charge in [-0.25, -0.2) is 5.43 Å². The smallest absolute Gasteiger partial charge is 0.152 e. The molecule has 0 spiro atoms. The van der Waals surface area contributed by atoms with Gasteiger partial charge in [0.2, 0.25) is 0 Å². The summed E-state index contributed by atoms with van der Waals surface area (Å²) >= 11 is 6.14. The maximum atomic E-state index is 6.14. The van der Waals surface area contributed by atoms with Crippen LogP contribution in [-0.2, 0) is 4.74 Å². The van der Waals surface area contributed by atoms with Crippen molar-refractivity contribution in [1.82, 2.24) is 5.43 Å². The predicted molar refractivity (Wildman–Crippen MR) is 74.9 cm³/mol. The van der Waals surface area contributed by atoms with E-state index in [-0.39, 0.29) is 11.6 Å². The van der Waals surface area contributed by atoms with E-state index in [0.717, 1.165) is 30.6 Å². The molecule has 4 nitrogen and oxygen atoms in total. The summed E-state index contributed by atoms with van der Waals surface area (Å²) in [6.45, 7) is 2.81. The summed E-state index contributed by atoms with van der Waals surface area (Å²) in [7, 11) is 0. The average molecular weight is 281 g/mol. The Hall–Kier alpha value is -1.07. The number of ether oxygens (including phenoxy) is 1. The van der Waals surface area contributed by atoms with E-state index < -0.39 is 0 Å². The Morgan fingerprint density at radius 2 is 2.32 bits per heavy atom. The summed E-state index contributed by atoms with van der Waals surface area (Å²) < 4.78 is 11.7. The van der Waals surface area contributed by atoms with Gasteiger partial charge in [0.1, 0.15) is 11.8 Å². The second kappa shape index (κ2) is 4.80. The lowest BCUT2D eigenvalue weighted by atomic mass is 9.91. The Morgan fingerprint density at radius 3 is 2.95 bits per heavy atom. The minimum absolute atomic E-state index is 0.182. The second-order valence-corrected chi connectivity index (χ2v) is 5.58. The summed E-state index contributed by atoms with van der Waals surface area (Å²) in [4.78, 5) is 0. The Labute approximate surface area is 116 Å². The van der Waals surface area contributed by atoms with Crippen LogP contribution >= 0.6 is 11.6 Å². The summed E-state index contributed by atoms with van der Waals surface area (Å²) in [6, 6.07) is 7.48. The molecule has 0 saturated carbocycles. The van der Waals surface area contributed by atoms with Gasteiger partial charge in [-0.15, -0.1) is 0 Å². The minimum Gasteiger partial charge on any atom is -0.458 e. The Morgan fingerprint density at radius 1 is 1.47 bits per heavy atom. The van der Waals surface area contributed by atoms with Crippen LogP contribution in [0, 0.1) is 0 Å². The van der Waals surface area contributed by atoms with Crippen molar-refractivity contribution in [2.45, 2.75) is 31.4 Å². The van der Waals surface area contributed by atoms with Gasteiger partial charge >= 0.3 is 0 Å². The van der Waals surface area contributed by atoms with Crippen LogP contribution in [0.2, 0.25) is 5.02 Å². The highest BCUT2D eigenvalue weighted by Gasteiger charge is 2.40. The quantitative estimate of drug-likeness (QED) is 0.670. The van der Waals surface area contributed by atoms with Crippen molar-refractivity contribution < 1.29 is 9.15 Å². The molecule has 0 bridgehead atoms. The molecule has 1 aromatic carbocycles. The number of hydrazine groups is 1. The van der Waals surface area contributed by atoms with Crippen LogP contribution in [0.25, 0.3) is 11.0 Å². The van der Waals surface area contributed by atoms with E-state index in [1.54, 1.807) is 0 Å². The van der Waals surface area contributed by atoms with Gasteiger partial charge in [-0.05, 0) is 31.9 Å². The van der Waals surface area contributed by atoms with Crippen LogP contribution in [0.1, 0.15) is 31.6 Å². The molecule has 1 aliphatic rings. The third-order valence-corrected chi connectivity index (χ3v) is 4.12. The zero-order valence-corrected chi connectivity index (χ0v) is 11.5. The lowest BCUT2D eigenvalue weighted by molar-refractivity contribution is -0.0177. The van der Waals surface area contributed by atoms with Gasteiger partial charge in [0, 0.05) is 12.0 Å². The third kappa shape index (κ3) is 2.15. The first-order valence-electron chi connectivity index (χ1n) is 6.42. The maximum absolute atomic E-state index is 6.14. The zero-order valence-electron chi connectivity index (χ0n) is 10.8. The highest BCUT2D eigenvalue weighted by Crippen LogP contribution is 2.39. The number of nitrogens with one attached hydrogen (secondary N) is 1. The number of halogens is 1. The number of benzene rings is 1. The fraction of sp³-hybridized carbons (Fsp3) is 0.429. The normalized spacial score (nSPS) is 25.0. The van der Waals surface area contributed by atoms with Crippen molar-refractivity contribution in [1.29, 1.82) is 0 Å². The van der Waals surface area contributed by atoms with E-state index in [1.165, 1.54) is 0 Å². The molecule has 2 heterocycles. The molecule has 1 saturated heterocycles. The topological polar surface area (TPSA) is 60.4 Å². The molecule has 2 atom stereocenters. The molecular weight excluding hydrogens is 264 g/mol. The fourth-order valence-corrected chi connectivity index (χ4v) is 3.00. The van der Waals surface area contributed by atoms with Crippen molar-refractivity contribution in [3.05, 3.63) is 35.0 Å². The molecule has 2 aromatic rings. The van der Waals surface area contributed by atoms with Gasteiger partial charge in [-0.1, -0.05) is 23.7 Å². The molecule has 1 aromatic heterocycles. The van der Waals surface area contributed by atoms with E-state index in [4.69, 9.17) is 26.6 Å². The number of nitrogens with two attached hydrogens (primary N) is 1. The maximum Gasteiger partial charge on any atom is 0.152 e. The van der Waals surface area contributed by atoms with Crippen LogP contribution < -0.4 is 11.3 Å². The second-order valence-electron chi connectivity index (χ2n) is 5.17. The Balaban J connectivity index is 2.04. The predicted octanol–water partition coefficient (Wildman–Crippen LogP) is 3.16. The molecule has 0 amide bonds. The van der Waals surface area contributed by atoms with Crippen molar-refractivity contribution in [2.24, 2.45) is 5.84 Å². The number of hydrogen-bond acceptors (Lipinski definition) is 4. The van der Waals surface area contributed by atoms with E-state index >= 15 is 0 Å². The SMILES string of the molecule is CC1(C(NN)c2cc3cccc(Cl)c3o2)CCCO1. The third-order valence-electron chi connectivity index (χ3n) is 3.83. The fourth-order valence-electron chi connectivity index (χ4n) is 2.78. The average Bonchev–Trinajstić information content (AvgIpc) is 2.98. The molecule has 5 heteroatoms. The van der Waals surface area contributed by atoms with Crippen molar-refractivity contribution in [3.63, 3.8) is 0 Å². The van der Waals surface area contributed by atoms with Gasteiger partial charge in [0.25, 0.3) is 0 Å². The van der Waals surface area contributed by atoms with Crippen molar-refractivity contribution >= 4 is 22.6 Å². The summed E-state index contributed by atoms with van der Waals surface area (Å²) in [5.74, 6) is 6.47.